The lowest BCUT2D eigenvalue weighted by molar-refractivity contribution is -0.599. The van der Waals surface area contributed by atoms with E-state index in [1.54, 1.807) is 0 Å². The third kappa shape index (κ3) is 3.69. The van der Waals surface area contributed by atoms with Gasteiger partial charge in [-0.25, -0.2) is 0 Å². The Kier molecular flexibility index (Phi) is 4.42. The maximum absolute atomic E-state index is 3.36. The Balaban J connectivity index is 1.34. The molecule has 2 aromatic heterocycles. The van der Waals surface area contributed by atoms with Crippen molar-refractivity contribution in [2.75, 3.05) is 0 Å². The number of hydrogen-bond donors (Lipinski definition) is 0. The Labute approximate surface area is 147 Å². The molecule has 4 rings (SSSR count). The smallest absolute Gasteiger partial charge is 0.243 e. The fourth-order valence-corrected chi connectivity index (χ4v) is 2.83. The van der Waals surface area contributed by atoms with Gasteiger partial charge in [-0.15, -0.1) is 0 Å². The molecule has 0 spiro atoms. The molecule has 25 heavy (non-hydrogen) atoms. The lowest BCUT2D eigenvalue weighted by Gasteiger charge is -2.02. The van der Waals surface area contributed by atoms with Gasteiger partial charge < -0.3 is 18.3 Å². The Morgan fingerprint density at radius 1 is 0.640 bits per heavy atom. The lowest BCUT2D eigenvalue weighted by Crippen LogP contribution is -2.28. The van der Waals surface area contributed by atoms with E-state index in [2.05, 4.69) is 58.4 Å². The van der Waals surface area contributed by atoms with Crippen LogP contribution in [0.3, 0.4) is 0 Å². The summed E-state index contributed by atoms with van der Waals surface area (Å²) in [6.07, 6.45) is 16.0. The molecule has 4 aromatic rings. The first-order chi connectivity index (χ1) is 12.4. The summed E-state index contributed by atoms with van der Waals surface area (Å²) in [4.78, 5) is 0. The van der Waals surface area contributed by atoms with Crippen molar-refractivity contribution in [1.29, 1.82) is 0 Å². The minimum atomic E-state index is 0.928. The number of benzene rings is 2. The maximum atomic E-state index is 3.36. The van der Waals surface area contributed by atoms with Gasteiger partial charge in [-0.05, 0) is 0 Å². The molecule has 0 atom stereocenters. The molecule has 0 bridgehead atoms. The van der Waals surface area contributed by atoms with Crippen molar-refractivity contribution < 1.29 is 9.13 Å². The first kappa shape index (κ1) is 15.4. The van der Waals surface area contributed by atoms with E-state index in [9.17, 15) is 0 Å². The van der Waals surface area contributed by atoms with Crippen molar-refractivity contribution >= 4 is 0 Å². The van der Waals surface area contributed by atoms with Crippen molar-refractivity contribution in [2.45, 2.75) is 19.5 Å². The van der Waals surface area contributed by atoms with Crippen molar-refractivity contribution in [3.05, 3.63) is 98.1 Å². The monoisotopic (exact) mass is 328 g/mol. The molecule has 0 unspecified atom stereocenters. The SMILES string of the molecule is [c-]1n(CCCn2[c-][n+](-c3ccccc3)cc2)cc[n+]1-c1ccccc1. The minimum absolute atomic E-state index is 0.928. The highest BCUT2D eigenvalue weighted by Crippen LogP contribution is 2.01. The zero-order chi connectivity index (χ0) is 16.9. The van der Waals surface area contributed by atoms with Gasteiger partial charge in [0, 0.05) is 31.2 Å². The predicted molar refractivity (Wildman–Crippen MR) is 94.2 cm³/mol. The van der Waals surface area contributed by atoms with E-state index in [0.717, 1.165) is 30.9 Å². The molecule has 0 radical (unpaired) electrons. The number of aryl methyl sites for hydroxylation is 2. The van der Waals surface area contributed by atoms with Gasteiger partial charge in [-0.2, -0.15) is 0 Å². The van der Waals surface area contributed by atoms with Crippen molar-refractivity contribution in [2.24, 2.45) is 0 Å². The van der Waals surface area contributed by atoms with Gasteiger partial charge >= 0.3 is 0 Å². The van der Waals surface area contributed by atoms with Crippen LogP contribution in [0, 0.1) is 12.7 Å². The average Bonchev–Trinajstić information content (AvgIpc) is 3.33. The van der Waals surface area contributed by atoms with Crippen molar-refractivity contribution in [3.63, 3.8) is 0 Å². The van der Waals surface area contributed by atoms with E-state index in [1.807, 2.05) is 57.9 Å². The standard InChI is InChI=1S/C21H20N4/c1-3-8-20(9-4-1)24-16-14-22(18-24)12-7-13-23-15-17-25(19-23)21-10-5-2-6-11-21/h1-6,8-11,14-17H,7,12-13H2. The molecule has 2 heterocycles. The van der Waals surface area contributed by atoms with Crippen LogP contribution in [0.15, 0.2) is 85.5 Å². The molecule has 0 aliphatic carbocycles. The van der Waals surface area contributed by atoms with E-state index in [1.165, 1.54) is 0 Å². The maximum Gasteiger partial charge on any atom is 0.243 e. The Morgan fingerprint density at radius 3 is 1.52 bits per heavy atom. The number of aromatic nitrogens is 4. The fraction of sp³-hybridized carbons (Fsp3) is 0.143. The largest absolute Gasteiger partial charge is 0.326 e. The van der Waals surface area contributed by atoms with Crippen LogP contribution < -0.4 is 9.13 Å². The number of rotatable bonds is 6. The van der Waals surface area contributed by atoms with Crippen LogP contribution >= 0.6 is 0 Å². The average molecular weight is 328 g/mol. The van der Waals surface area contributed by atoms with Gasteiger partial charge in [0.1, 0.15) is 0 Å². The molecule has 124 valence electrons. The Bertz CT molecular complexity index is 845. The molecule has 4 nitrogen and oxygen atoms in total. The van der Waals surface area contributed by atoms with Gasteiger partial charge in [0.25, 0.3) is 0 Å². The van der Waals surface area contributed by atoms with Crippen LogP contribution in [0.4, 0.5) is 0 Å². The van der Waals surface area contributed by atoms with E-state index in [0.29, 0.717) is 0 Å². The fourth-order valence-electron chi connectivity index (χ4n) is 2.83. The van der Waals surface area contributed by atoms with Gasteiger partial charge in [0.2, 0.25) is 12.7 Å². The summed E-state index contributed by atoms with van der Waals surface area (Å²) in [7, 11) is 0. The van der Waals surface area contributed by atoms with Gasteiger partial charge in [-0.3, -0.25) is 0 Å². The summed E-state index contributed by atoms with van der Waals surface area (Å²) in [5.41, 5.74) is 2.26. The Morgan fingerprint density at radius 2 is 1.08 bits per heavy atom. The van der Waals surface area contributed by atoms with Crippen molar-refractivity contribution in [1.82, 2.24) is 9.13 Å². The zero-order valence-electron chi connectivity index (χ0n) is 14.0. The highest BCUT2D eigenvalue weighted by molar-refractivity contribution is 5.21. The third-order valence-corrected chi connectivity index (χ3v) is 4.13. The number of imidazole rings is 2. The molecule has 0 fully saturated rings. The van der Waals surface area contributed by atoms with Crippen molar-refractivity contribution in [3.8, 4) is 11.4 Å². The van der Waals surface area contributed by atoms with Crippen LogP contribution in [0.2, 0.25) is 0 Å². The topological polar surface area (TPSA) is 17.6 Å². The first-order valence-corrected chi connectivity index (χ1v) is 8.49. The second-order valence-corrected chi connectivity index (χ2v) is 5.95. The molecule has 0 saturated heterocycles. The summed E-state index contributed by atoms with van der Waals surface area (Å²) in [5.74, 6) is 0. The molecular weight excluding hydrogens is 308 g/mol. The first-order valence-electron chi connectivity index (χ1n) is 8.49. The summed E-state index contributed by atoms with van der Waals surface area (Å²) >= 11 is 0. The molecule has 2 aromatic carbocycles. The molecule has 0 aliphatic rings. The molecular formula is C21H20N4. The quantitative estimate of drug-likeness (QED) is 0.382. The van der Waals surface area contributed by atoms with Crippen LogP contribution in [-0.4, -0.2) is 9.13 Å². The highest BCUT2D eigenvalue weighted by Gasteiger charge is 2.02. The van der Waals surface area contributed by atoms with E-state index in [-0.39, 0.29) is 0 Å². The molecule has 0 aliphatic heterocycles. The van der Waals surface area contributed by atoms with Crippen LogP contribution in [-0.2, 0) is 13.1 Å². The zero-order valence-corrected chi connectivity index (χ0v) is 14.0. The summed E-state index contributed by atoms with van der Waals surface area (Å²) in [6, 6.07) is 20.5. The normalized spacial score (nSPS) is 10.9. The van der Waals surface area contributed by atoms with E-state index >= 15 is 0 Å². The van der Waals surface area contributed by atoms with Gasteiger partial charge in [-0.1, -0.05) is 60.7 Å². The lowest BCUT2D eigenvalue weighted by atomic mass is 10.3. The second-order valence-electron chi connectivity index (χ2n) is 5.95. The van der Waals surface area contributed by atoms with Gasteiger partial charge in [0.05, 0.1) is 24.5 Å². The summed E-state index contributed by atoms with van der Waals surface area (Å²) in [6.45, 7) is 1.86. The summed E-state index contributed by atoms with van der Waals surface area (Å²) < 4.78 is 8.24. The Hall–Kier alpha value is -3.14. The van der Waals surface area contributed by atoms with Gasteiger partial charge in [0.15, 0.2) is 0 Å². The molecule has 0 N–H and O–H groups in total. The number of hydrogen-bond acceptors (Lipinski definition) is 0. The predicted octanol–water partition coefficient (Wildman–Crippen LogP) is 2.53. The van der Waals surface area contributed by atoms with E-state index in [4.69, 9.17) is 0 Å². The number of para-hydroxylation sites is 2. The second kappa shape index (κ2) is 7.18. The minimum Gasteiger partial charge on any atom is -0.326 e. The van der Waals surface area contributed by atoms with Crippen LogP contribution in [0.5, 0.6) is 0 Å². The highest BCUT2D eigenvalue weighted by atomic mass is 15.1. The van der Waals surface area contributed by atoms with E-state index < -0.39 is 0 Å². The molecule has 4 heteroatoms. The van der Waals surface area contributed by atoms with Crippen LogP contribution in [0.1, 0.15) is 6.42 Å². The van der Waals surface area contributed by atoms with Crippen LogP contribution in [0.25, 0.3) is 11.4 Å². The number of nitrogens with zero attached hydrogens (tertiary/aromatic N) is 4. The molecule has 0 saturated carbocycles. The third-order valence-electron chi connectivity index (χ3n) is 4.13. The summed E-state index contributed by atoms with van der Waals surface area (Å²) in [5, 5.41) is 0. The molecule has 0 amide bonds.